The van der Waals surface area contributed by atoms with Gasteiger partial charge in [0, 0.05) is 24.8 Å². The highest BCUT2D eigenvalue weighted by Gasteiger charge is 2.11. The fourth-order valence-electron chi connectivity index (χ4n) is 1.96. The third-order valence-corrected chi connectivity index (χ3v) is 3.20. The predicted octanol–water partition coefficient (Wildman–Crippen LogP) is 1.80. The van der Waals surface area contributed by atoms with Crippen LogP contribution in [0.3, 0.4) is 0 Å². The zero-order valence-corrected chi connectivity index (χ0v) is 10.1. The molecule has 0 saturated carbocycles. The van der Waals surface area contributed by atoms with E-state index in [1.54, 1.807) is 0 Å². The van der Waals surface area contributed by atoms with Crippen LogP contribution in [0, 0.1) is 0 Å². The Labute approximate surface area is 97.4 Å². The van der Waals surface area contributed by atoms with E-state index in [9.17, 15) is 0 Å². The quantitative estimate of drug-likeness (QED) is 0.840. The molecule has 1 fully saturated rings. The summed E-state index contributed by atoms with van der Waals surface area (Å²) in [6, 6.07) is 9.22. The largest absolute Gasteiger partial charge is 0.378 e. The molecule has 1 aliphatic rings. The van der Waals surface area contributed by atoms with Crippen molar-refractivity contribution in [2.75, 3.05) is 38.3 Å². The first-order valence-corrected chi connectivity index (χ1v) is 5.91. The molecule has 16 heavy (non-hydrogen) atoms. The zero-order chi connectivity index (χ0) is 11.4. The van der Waals surface area contributed by atoms with Crippen molar-refractivity contribution in [1.29, 1.82) is 0 Å². The summed E-state index contributed by atoms with van der Waals surface area (Å²) >= 11 is 0. The maximum atomic E-state index is 5.35. The summed E-state index contributed by atoms with van der Waals surface area (Å²) in [6.45, 7) is 5.86. The Bertz CT molecular complexity index is 317. The Balaban J connectivity index is 2.06. The Morgan fingerprint density at radius 3 is 2.38 bits per heavy atom. The van der Waals surface area contributed by atoms with Crippen molar-refractivity contribution in [3.8, 4) is 0 Å². The van der Waals surface area contributed by atoms with Gasteiger partial charge in [0.15, 0.2) is 0 Å². The summed E-state index contributed by atoms with van der Waals surface area (Å²) in [7, 11) is 1.99. The summed E-state index contributed by atoms with van der Waals surface area (Å²) < 4.78 is 5.35. The maximum absolute atomic E-state index is 5.35. The minimum Gasteiger partial charge on any atom is -0.378 e. The van der Waals surface area contributed by atoms with E-state index >= 15 is 0 Å². The van der Waals surface area contributed by atoms with Gasteiger partial charge in [0.25, 0.3) is 0 Å². The second kappa shape index (κ2) is 5.32. The highest BCUT2D eigenvalue weighted by atomic mass is 16.5. The lowest BCUT2D eigenvalue weighted by molar-refractivity contribution is 0.122. The van der Waals surface area contributed by atoms with E-state index in [-0.39, 0.29) is 0 Å². The lowest BCUT2D eigenvalue weighted by Gasteiger charge is -2.29. The van der Waals surface area contributed by atoms with Crippen LogP contribution < -0.4 is 10.2 Å². The van der Waals surface area contributed by atoms with Gasteiger partial charge >= 0.3 is 0 Å². The minimum absolute atomic E-state index is 0.415. The van der Waals surface area contributed by atoms with E-state index < -0.39 is 0 Å². The second-order valence-corrected chi connectivity index (χ2v) is 4.20. The molecule has 1 atom stereocenters. The van der Waals surface area contributed by atoms with Crippen LogP contribution in [0.2, 0.25) is 0 Å². The number of hydrogen-bond donors (Lipinski definition) is 1. The number of rotatable bonds is 3. The molecule has 1 aromatic carbocycles. The van der Waals surface area contributed by atoms with Crippen molar-refractivity contribution < 1.29 is 4.74 Å². The number of morpholine rings is 1. The molecule has 1 N–H and O–H groups in total. The Kier molecular flexibility index (Phi) is 3.80. The second-order valence-electron chi connectivity index (χ2n) is 4.20. The van der Waals surface area contributed by atoms with E-state index in [0.717, 1.165) is 26.3 Å². The van der Waals surface area contributed by atoms with Crippen molar-refractivity contribution >= 4 is 5.69 Å². The van der Waals surface area contributed by atoms with Gasteiger partial charge in [-0.1, -0.05) is 12.1 Å². The smallest absolute Gasteiger partial charge is 0.0642 e. The van der Waals surface area contributed by atoms with Crippen LogP contribution in [0.1, 0.15) is 18.5 Å². The molecule has 1 aromatic rings. The first-order chi connectivity index (χ1) is 7.81. The minimum atomic E-state index is 0.415. The Morgan fingerprint density at radius 1 is 1.19 bits per heavy atom. The van der Waals surface area contributed by atoms with Crippen molar-refractivity contribution in [3.63, 3.8) is 0 Å². The van der Waals surface area contributed by atoms with Gasteiger partial charge in [0.2, 0.25) is 0 Å². The van der Waals surface area contributed by atoms with Gasteiger partial charge < -0.3 is 15.0 Å². The highest BCUT2D eigenvalue weighted by molar-refractivity contribution is 5.48. The molecule has 3 nitrogen and oxygen atoms in total. The van der Waals surface area contributed by atoms with Gasteiger partial charge in [0.1, 0.15) is 0 Å². The summed E-state index contributed by atoms with van der Waals surface area (Å²) in [4.78, 5) is 2.37. The lowest BCUT2D eigenvalue weighted by Crippen LogP contribution is -2.36. The topological polar surface area (TPSA) is 24.5 Å². The van der Waals surface area contributed by atoms with E-state index in [1.807, 2.05) is 7.05 Å². The van der Waals surface area contributed by atoms with E-state index in [0.29, 0.717) is 6.04 Å². The number of ether oxygens (including phenoxy) is 1. The molecule has 0 radical (unpaired) electrons. The molecule has 0 spiro atoms. The van der Waals surface area contributed by atoms with Gasteiger partial charge in [-0.3, -0.25) is 0 Å². The zero-order valence-electron chi connectivity index (χ0n) is 10.1. The lowest BCUT2D eigenvalue weighted by atomic mass is 10.1. The van der Waals surface area contributed by atoms with Gasteiger partial charge in [-0.2, -0.15) is 0 Å². The molecule has 3 heteroatoms. The molecule has 1 heterocycles. The van der Waals surface area contributed by atoms with Gasteiger partial charge in [-0.25, -0.2) is 0 Å². The number of anilines is 1. The third kappa shape index (κ3) is 2.54. The van der Waals surface area contributed by atoms with Crippen molar-refractivity contribution in [3.05, 3.63) is 29.8 Å². The highest BCUT2D eigenvalue weighted by Crippen LogP contribution is 2.19. The average Bonchev–Trinajstić information content (AvgIpc) is 2.39. The van der Waals surface area contributed by atoms with Gasteiger partial charge in [-0.05, 0) is 31.7 Å². The van der Waals surface area contributed by atoms with Crippen molar-refractivity contribution in [2.24, 2.45) is 0 Å². The van der Waals surface area contributed by atoms with Gasteiger partial charge in [0.05, 0.1) is 13.2 Å². The molecule has 0 bridgehead atoms. The molecule has 2 rings (SSSR count). The summed E-state index contributed by atoms with van der Waals surface area (Å²) in [6.07, 6.45) is 0. The molecule has 88 valence electrons. The van der Waals surface area contributed by atoms with Crippen LogP contribution in [-0.2, 0) is 4.74 Å². The van der Waals surface area contributed by atoms with Crippen LogP contribution in [0.5, 0.6) is 0 Å². The Hall–Kier alpha value is -1.06. The van der Waals surface area contributed by atoms with Crippen LogP contribution in [0.4, 0.5) is 5.69 Å². The standard InChI is InChI=1S/C13H20N2O/c1-11(14-2)12-3-5-13(6-4-12)15-7-9-16-10-8-15/h3-6,11,14H,7-10H2,1-2H3/t11-/m1/s1. The van der Waals surface area contributed by atoms with Crippen molar-refractivity contribution in [1.82, 2.24) is 5.32 Å². The monoisotopic (exact) mass is 220 g/mol. The molecular weight excluding hydrogens is 200 g/mol. The van der Waals surface area contributed by atoms with E-state index in [1.165, 1.54) is 11.3 Å². The molecular formula is C13H20N2O. The molecule has 1 aliphatic heterocycles. The summed E-state index contributed by atoms with van der Waals surface area (Å²) in [5, 5.41) is 3.25. The normalized spacial score (nSPS) is 18.5. The fraction of sp³-hybridized carbons (Fsp3) is 0.538. The van der Waals surface area contributed by atoms with E-state index in [2.05, 4.69) is 41.4 Å². The molecule has 0 unspecified atom stereocenters. The first-order valence-electron chi connectivity index (χ1n) is 5.91. The molecule has 0 aromatic heterocycles. The summed E-state index contributed by atoms with van der Waals surface area (Å²) in [5.74, 6) is 0. The van der Waals surface area contributed by atoms with Crippen LogP contribution >= 0.6 is 0 Å². The number of hydrogen-bond acceptors (Lipinski definition) is 3. The third-order valence-electron chi connectivity index (χ3n) is 3.20. The van der Waals surface area contributed by atoms with Gasteiger partial charge in [-0.15, -0.1) is 0 Å². The SMILES string of the molecule is CN[C@H](C)c1ccc(N2CCOCC2)cc1. The first kappa shape index (κ1) is 11.4. The van der Waals surface area contributed by atoms with Crippen LogP contribution in [-0.4, -0.2) is 33.4 Å². The molecule has 1 saturated heterocycles. The summed E-state index contributed by atoms with van der Waals surface area (Å²) in [5.41, 5.74) is 2.63. The maximum Gasteiger partial charge on any atom is 0.0642 e. The Morgan fingerprint density at radius 2 is 1.81 bits per heavy atom. The number of benzene rings is 1. The molecule has 0 aliphatic carbocycles. The number of nitrogens with one attached hydrogen (secondary N) is 1. The number of nitrogens with zero attached hydrogens (tertiary/aromatic N) is 1. The van der Waals surface area contributed by atoms with Crippen molar-refractivity contribution in [2.45, 2.75) is 13.0 Å². The van der Waals surface area contributed by atoms with Crippen LogP contribution in [0.15, 0.2) is 24.3 Å². The molecule has 0 amide bonds. The average molecular weight is 220 g/mol. The van der Waals surface area contributed by atoms with E-state index in [4.69, 9.17) is 4.74 Å². The van der Waals surface area contributed by atoms with Crippen LogP contribution in [0.25, 0.3) is 0 Å². The predicted molar refractivity (Wildman–Crippen MR) is 66.9 cm³/mol. The fourth-order valence-corrected chi connectivity index (χ4v) is 1.96.